The molecule has 3 aromatic heterocycles. The Morgan fingerprint density at radius 3 is 1.54 bits per heavy atom. The Morgan fingerprint density at radius 2 is 1.04 bits per heavy atom. The van der Waals surface area contributed by atoms with E-state index in [0.29, 0.717) is 35.0 Å². The molecule has 0 radical (unpaired) electrons. The van der Waals surface area contributed by atoms with Crippen molar-refractivity contribution >= 4 is 106 Å². The van der Waals surface area contributed by atoms with Gasteiger partial charge in [0.1, 0.15) is 54.4 Å². The number of aliphatic carboxylic acids is 1. The van der Waals surface area contributed by atoms with Crippen molar-refractivity contribution in [1.82, 2.24) is 62.5 Å². The first-order valence-corrected chi connectivity index (χ1v) is 28.5. The van der Waals surface area contributed by atoms with Crippen molar-refractivity contribution in [2.75, 3.05) is 31.2 Å². The monoisotopic (exact) mass is 1200 g/mol. The van der Waals surface area contributed by atoms with Gasteiger partial charge in [0, 0.05) is 83.4 Å². The summed E-state index contributed by atoms with van der Waals surface area (Å²) in [5, 5.41) is 42.1. The summed E-state index contributed by atoms with van der Waals surface area (Å²) in [6.07, 6.45) is 6.60. The van der Waals surface area contributed by atoms with Gasteiger partial charge in [-0.1, -0.05) is 50.2 Å². The zero-order chi connectivity index (χ0) is 61.5. The second-order valence-electron chi connectivity index (χ2n) is 20.3. The fourth-order valence-corrected chi connectivity index (χ4v) is 9.49. The minimum absolute atomic E-state index is 0.0134. The van der Waals surface area contributed by atoms with E-state index in [1.54, 1.807) is 44.4 Å². The summed E-state index contributed by atoms with van der Waals surface area (Å²) in [6, 6.07) is 2.15. The number of para-hydroxylation sites is 2. The van der Waals surface area contributed by atoms with Crippen molar-refractivity contribution in [3.8, 4) is 0 Å². The van der Waals surface area contributed by atoms with Gasteiger partial charge in [-0.25, -0.2) is 9.78 Å². The van der Waals surface area contributed by atoms with Gasteiger partial charge in [0.25, 0.3) is 0 Å². The Kier molecular flexibility index (Phi) is 26.3. The number of nitrogens with two attached hydrogens (primary N) is 4. The molecule has 0 aliphatic rings. The predicted octanol–water partition coefficient (Wildman–Crippen LogP) is -2.62. The molecule has 2 aromatic carbocycles. The average molecular weight is 1200 g/mol. The largest absolute Gasteiger partial charge is 0.480 e. The lowest BCUT2D eigenvalue weighted by Gasteiger charge is -2.28. The Hall–Kier alpha value is -8.19. The quantitative estimate of drug-likeness (QED) is 0.00855. The predicted molar refractivity (Wildman–Crippen MR) is 320 cm³/mol. The van der Waals surface area contributed by atoms with E-state index < -0.39 is 120 Å². The van der Waals surface area contributed by atoms with Crippen molar-refractivity contribution in [2.24, 2.45) is 33.8 Å². The number of H-pyrrole nitrogens is 3. The molecule has 0 unspecified atom stereocenters. The summed E-state index contributed by atoms with van der Waals surface area (Å²) in [5.74, 6) is -9.40. The first-order chi connectivity index (χ1) is 40.2. The van der Waals surface area contributed by atoms with Gasteiger partial charge in [-0.2, -0.15) is 25.3 Å². The van der Waals surface area contributed by atoms with Crippen LogP contribution in [0.15, 0.2) is 78.4 Å². The van der Waals surface area contributed by atoms with Crippen LogP contribution in [0.25, 0.3) is 21.8 Å². The van der Waals surface area contributed by atoms with E-state index in [2.05, 4.69) is 92.7 Å². The number of hydrogen-bond acceptors (Lipinski definition) is 16. The smallest absolute Gasteiger partial charge is 0.326 e. The Balaban J connectivity index is 1.36. The first-order valence-electron chi connectivity index (χ1n) is 27.2. The third kappa shape index (κ3) is 19.7. The van der Waals surface area contributed by atoms with Gasteiger partial charge in [0.05, 0.1) is 12.9 Å². The molecule has 28 nitrogen and oxygen atoms in total. The molecule has 5 rings (SSSR count). The number of aliphatic hydroxyl groups is 1. The lowest BCUT2D eigenvalue weighted by atomic mass is 10.0. The molecule has 0 spiro atoms. The number of carboxylic acid groups (broad SMARTS) is 1. The molecule has 8 amide bonds. The molecule has 30 heteroatoms. The molecule has 456 valence electrons. The van der Waals surface area contributed by atoms with Crippen molar-refractivity contribution in [3.05, 3.63) is 90.3 Å². The molecule has 5 aromatic rings. The van der Waals surface area contributed by atoms with E-state index in [-0.39, 0.29) is 69.1 Å². The number of fused-ring (bicyclic) bond motifs is 2. The molecule has 9 atom stereocenters. The van der Waals surface area contributed by atoms with Gasteiger partial charge < -0.3 is 90.6 Å². The molecule has 84 heavy (non-hydrogen) atoms. The summed E-state index contributed by atoms with van der Waals surface area (Å²) >= 11 is 8.56. The van der Waals surface area contributed by atoms with Gasteiger partial charge in [-0.3, -0.25) is 43.3 Å². The standard InChI is InChI=1S/C54H77N17O11S2/c1-28(2)44(52(80)65-38(15-9-17-60-54(57)58)47(75)68-41(53(81)82)19-30-22-62-36-13-6-4-11-33(30)36)71-51(79)43(26-84)70-48(76)39(18-29-21-61-35-12-5-3-10-32(29)35)66-46(74)37(14-7-8-16-55)64-49(77)40(20-31-23-59-27-63-31)67-50(78)42(25-83)69-45(73)34(56)24-72/h3-6,10-13,21-23,27-28,34,37-44,61-62,72,83-84H,7-9,14-20,24-26,55-56H2,1-2H3,(H,59,63)(H,64,77)(H,65,80)(H,66,74)(H,67,78)(H,68,75)(H,69,73)(H,70,76)(H,71,79)(H,81,82)(H4,57,58,60)/t34-,37-,38-,39-,40-,41-,42-,43-,44-/m0/s1. The number of hydrogen-bond donors (Lipinski definition) is 19. The van der Waals surface area contributed by atoms with Crippen LogP contribution in [0, 0.1) is 5.92 Å². The van der Waals surface area contributed by atoms with E-state index >= 15 is 0 Å². The van der Waals surface area contributed by atoms with Crippen LogP contribution in [0.2, 0.25) is 0 Å². The van der Waals surface area contributed by atoms with E-state index in [9.17, 15) is 53.4 Å². The van der Waals surface area contributed by atoms with Gasteiger partial charge >= 0.3 is 5.97 Å². The fraction of sp³-hybridized carbons (Fsp3) is 0.463. The van der Waals surface area contributed by atoms with Gasteiger partial charge in [0.2, 0.25) is 47.3 Å². The third-order valence-electron chi connectivity index (χ3n) is 13.6. The highest BCUT2D eigenvalue weighted by Crippen LogP contribution is 2.21. The number of aromatic nitrogens is 4. The summed E-state index contributed by atoms with van der Waals surface area (Å²) in [5.41, 5.74) is 25.6. The minimum atomic E-state index is -1.44. The van der Waals surface area contributed by atoms with Crippen LogP contribution in [-0.4, -0.2) is 175 Å². The van der Waals surface area contributed by atoms with E-state index in [4.69, 9.17) is 22.9 Å². The Morgan fingerprint density at radius 1 is 0.583 bits per heavy atom. The summed E-state index contributed by atoms with van der Waals surface area (Å²) in [7, 11) is 0. The Labute approximate surface area is 495 Å². The van der Waals surface area contributed by atoms with Crippen LogP contribution in [0.5, 0.6) is 0 Å². The van der Waals surface area contributed by atoms with E-state index in [1.165, 1.54) is 12.5 Å². The van der Waals surface area contributed by atoms with E-state index in [0.717, 1.165) is 16.4 Å². The highest BCUT2D eigenvalue weighted by molar-refractivity contribution is 7.80. The molecule has 0 aliphatic heterocycles. The zero-order valence-electron chi connectivity index (χ0n) is 46.6. The van der Waals surface area contributed by atoms with Crippen molar-refractivity contribution < 1.29 is 53.4 Å². The van der Waals surface area contributed by atoms with Crippen molar-refractivity contribution in [1.29, 1.82) is 0 Å². The minimum Gasteiger partial charge on any atom is -0.480 e. The molecule has 3 heterocycles. The van der Waals surface area contributed by atoms with Crippen LogP contribution in [0.3, 0.4) is 0 Å². The summed E-state index contributed by atoms with van der Waals surface area (Å²) < 4.78 is 0. The number of thiol groups is 2. The number of rotatable bonds is 35. The third-order valence-corrected chi connectivity index (χ3v) is 14.4. The number of carboxylic acids is 1. The van der Waals surface area contributed by atoms with Crippen LogP contribution < -0.4 is 65.5 Å². The molecule has 0 aliphatic carbocycles. The maximum Gasteiger partial charge on any atom is 0.326 e. The summed E-state index contributed by atoms with van der Waals surface area (Å²) in [4.78, 5) is 142. The van der Waals surface area contributed by atoms with Gasteiger partial charge in [0.15, 0.2) is 5.96 Å². The number of nitrogens with one attached hydrogen (secondary N) is 11. The van der Waals surface area contributed by atoms with Gasteiger partial charge in [-0.15, -0.1) is 0 Å². The Bertz CT molecular complexity index is 3060. The van der Waals surface area contributed by atoms with E-state index in [1.807, 2.05) is 30.3 Å². The van der Waals surface area contributed by atoms with Gasteiger partial charge in [-0.05, 0) is 67.8 Å². The first kappa shape index (κ1) is 66.6. The van der Waals surface area contributed by atoms with Crippen LogP contribution in [-0.2, 0) is 62.4 Å². The number of benzene rings is 2. The molecule has 0 saturated heterocycles. The topological polar surface area (TPSA) is 467 Å². The van der Waals surface area contributed by atoms with Crippen LogP contribution >= 0.6 is 25.3 Å². The lowest BCUT2D eigenvalue weighted by molar-refractivity contribution is -0.142. The number of guanidine groups is 1. The SMILES string of the molecule is CC(C)[C@H](NC(=O)[C@H](CS)NC(=O)[C@H](Cc1c[nH]c2ccccc12)NC(=O)[C@H](CCCCN)NC(=O)[C@H](Cc1cnc[nH]1)NC(=O)[C@H](CS)NC(=O)[C@@H](N)CO)C(=O)N[C@@H](CCCN=C(N)N)C(=O)N[C@@H](Cc1c[nH]c2ccccc12)C(=O)O. The van der Waals surface area contributed by atoms with Crippen molar-refractivity contribution in [2.45, 2.75) is 120 Å². The molecule has 21 N–H and O–H groups in total. The number of carbonyl (C=O) groups is 9. The highest BCUT2D eigenvalue weighted by atomic mass is 32.1. The average Bonchev–Trinajstić information content (AvgIpc) is 4.04. The number of unbranched alkanes of at least 4 members (excludes halogenated alkanes) is 1. The number of imidazole rings is 1. The zero-order valence-corrected chi connectivity index (χ0v) is 48.3. The van der Waals surface area contributed by atoms with Crippen LogP contribution in [0.4, 0.5) is 0 Å². The number of aromatic amines is 3. The molecular weight excluding hydrogens is 1130 g/mol. The number of aliphatic hydroxyl groups excluding tert-OH is 1. The number of carbonyl (C=O) groups excluding carboxylic acids is 8. The summed E-state index contributed by atoms with van der Waals surface area (Å²) in [6.45, 7) is 2.87. The number of amides is 8. The van der Waals surface area contributed by atoms with Crippen molar-refractivity contribution in [3.63, 3.8) is 0 Å². The maximum atomic E-state index is 14.6. The highest BCUT2D eigenvalue weighted by Gasteiger charge is 2.36. The molecule has 0 bridgehead atoms. The van der Waals surface area contributed by atoms with Crippen LogP contribution in [0.1, 0.15) is 62.8 Å². The molecule has 0 saturated carbocycles. The maximum absolute atomic E-state index is 14.6. The molecule has 0 fully saturated rings. The lowest BCUT2D eigenvalue weighted by Crippen LogP contribution is -2.61. The molecular formula is C54H77N17O11S2. The number of nitrogens with zero attached hydrogens (tertiary/aromatic N) is 2. The second kappa shape index (κ2) is 33.2. The second-order valence-corrected chi connectivity index (χ2v) is 21.0. The normalized spacial score (nSPS) is 14.5. The number of aliphatic imine (C=N–C) groups is 1. The fourth-order valence-electron chi connectivity index (χ4n) is 8.97.